The Balaban J connectivity index is 1.66. The lowest BCUT2D eigenvalue weighted by Gasteiger charge is -2.39. The molecule has 0 aliphatic heterocycles. The van der Waals surface area contributed by atoms with Gasteiger partial charge in [0.15, 0.2) is 0 Å². The van der Waals surface area contributed by atoms with Crippen LogP contribution < -0.4 is 5.32 Å². The fraction of sp³-hybridized carbons (Fsp3) is 0.588. The molecule has 2 aliphatic carbocycles. The van der Waals surface area contributed by atoms with Crippen LogP contribution in [0.15, 0.2) is 18.2 Å². The highest BCUT2D eigenvalue weighted by molar-refractivity contribution is 6.33. The van der Waals surface area contributed by atoms with Crippen LogP contribution in [0.25, 0.3) is 0 Å². The van der Waals surface area contributed by atoms with Gasteiger partial charge in [0.2, 0.25) is 0 Å². The molecule has 0 bridgehead atoms. The third-order valence-electron chi connectivity index (χ3n) is 5.11. The summed E-state index contributed by atoms with van der Waals surface area (Å²) in [4.78, 5) is 11.1. The SMILES string of the molecule is O=C(O)c1cc(NC2CCC3CCCCC3C2)ccc1Cl. The van der Waals surface area contributed by atoms with Crippen molar-refractivity contribution in [1.29, 1.82) is 0 Å². The number of carboxylic acid groups (broad SMARTS) is 1. The van der Waals surface area contributed by atoms with E-state index < -0.39 is 5.97 Å². The van der Waals surface area contributed by atoms with Crippen LogP contribution in [0, 0.1) is 11.8 Å². The number of fused-ring (bicyclic) bond motifs is 1. The topological polar surface area (TPSA) is 49.3 Å². The second-order valence-corrected chi connectivity index (χ2v) is 6.87. The molecular formula is C17H22ClNO2. The van der Waals surface area contributed by atoms with Crippen LogP contribution in [-0.4, -0.2) is 17.1 Å². The van der Waals surface area contributed by atoms with E-state index in [0.717, 1.165) is 17.5 Å². The molecule has 1 aromatic rings. The lowest BCUT2D eigenvalue weighted by molar-refractivity contribution is 0.0697. The standard InChI is InChI=1S/C17H22ClNO2/c18-16-8-7-14(10-15(16)17(20)21)19-13-6-5-11-3-1-2-4-12(11)9-13/h7-8,10-13,19H,1-6,9H2,(H,20,21). The summed E-state index contributed by atoms with van der Waals surface area (Å²) in [5.74, 6) is 0.812. The predicted octanol–water partition coefficient (Wildman–Crippen LogP) is 4.81. The highest BCUT2D eigenvalue weighted by atomic mass is 35.5. The fourth-order valence-electron chi connectivity index (χ4n) is 4.02. The smallest absolute Gasteiger partial charge is 0.337 e. The Morgan fingerprint density at radius 1 is 1.14 bits per heavy atom. The van der Waals surface area contributed by atoms with E-state index in [0.29, 0.717) is 11.1 Å². The maximum atomic E-state index is 11.1. The van der Waals surface area contributed by atoms with Crippen molar-refractivity contribution in [3.8, 4) is 0 Å². The summed E-state index contributed by atoms with van der Waals surface area (Å²) >= 11 is 5.92. The predicted molar refractivity (Wildman–Crippen MR) is 85.1 cm³/mol. The number of benzene rings is 1. The first-order chi connectivity index (χ1) is 10.1. The van der Waals surface area contributed by atoms with Crippen molar-refractivity contribution in [1.82, 2.24) is 0 Å². The second-order valence-electron chi connectivity index (χ2n) is 6.46. The van der Waals surface area contributed by atoms with Crippen molar-refractivity contribution < 1.29 is 9.90 Å². The van der Waals surface area contributed by atoms with Crippen LogP contribution in [-0.2, 0) is 0 Å². The van der Waals surface area contributed by atoms with Crippen LogP contribution in [0.2, 0.25) is 5.02 Å². The van der Waals surface area contributed by atoms with Crippen LogP contribution in [0.5, 0.6) is 0 Å². The largest absolute Gasteiger partial charge is 0.478 e. The van der Waals surface area contributed by atoms with E-state index in [-0.39, 0.29) is 5.56 Å². The first-order valence-electron chi connectivity index (χ1n) is 7.93. The summed E-state index contributed by atoms with van der Waals surface area (Å²) in [6.45, 7) is 0. The number of hydrogen-bond donors (Lipinski definition) is 2. The van der Waals surface area contributed by atoms with Crippen molar-refractivity contribution >= 4 is 23.3 Å². The van der Waals surface area contributed by atoms with Gasteiger partial charge >= 0.3 is 5.97 Å². The maximum Gasteiger partial charge on any atom is 0.337 e. The summed E-state index contributed by atoms with van der Waals surface area (Å²) in [5.41, 5.74) is 1.05. The highest BCUT2D eigenvalue weighted by Gasteiger charge is 2.32. The van der Waals surface area contributed by atoms with Crippen LogP contribution in [0.3, 0.4) is 0 Å². The molecule has 0 radical (unpaired) electrons. The molecule has 2 N–H and O–H groups in total. The zero-order valence-electron chi connectivity index (χ0n) is 12.1. The van der Waals surface area contributed by atoms with Crippen molar-refractivity contribution in [2.24, 2.45) is 11.8 Å². The average molecular weight is 308 g/mol. The molecule has 0 spiro atoms. The molecule has 3 atom stereocenters. The van der Waals surface area contributed by atoms with E-state index in [1.165, 1.54) is 44.9 Å². The Labute approximate surface area is 130 Å². The minimum atomic E-state index is -0.973. The molecule has 3 unspecified atom stereocenters. The third-order valence-corrected chi connectivity index (χ3v) is 5.44. The zero-order chi connectivity index (χ0) is 14.8. The summed E-state index contributed by atoms with van der Waals surface area (Å²) < 4.78 is 0. The molecule has 0 heterocycles. The number of halogens is 1. The minimum Gasteiger partial charge on any atom is -0.478 e. The van der Waals surface area contributed by atoms with Gasteiger partial charge in [0.05, 0.1) is 10.6 Å². The molecule has 114 valence electrons. The molecule has 0 aromatic heterocycles. The second kappa shape index (κ2) is 6.27. The Kier molecular flexibility index (Phi) is 4.39. The van der Waals surface area contributed by atoms with Crippen molar-refractivity contribution in [2.75, 3.05) is 5.32 Å². The van der Waals surface area contributed by atoms with Crippen molar-refractivity contribution in [3.05, 3.63) is 28.8 Å². The molecule has 1 aromatic carbocycles. The first kappa shape index (κ1) is 14.7. The number of nitrogens with one attached hydrogen (secondary N) is 1. The lowest BCUT2D eigenvalue weighted by atomic mass is 9.69. The quantitative estimate of drug-likeness (QED) is 0.842. The van der Waals surface area contributed by atoms with Crippen LogP contribution in [0.4, 0.5) is 5.69 Å². The zero-order valence-corrected chi connectivity index (χ0v) is 12.9. The fourth-order valence-corrected chi connectivity index (χ4v) is 4.22. The van der Waals surface area contributed by atoms with Gasteiger partial charge in [0.25, 0.3) is 0 Å². The van der Waals surface area contributed by atoms with E-state index in [1.54, 1.807) is 12.1 Å². The number of anilines is 1. The molecule has 2 fully saturated rings. The monoisotopic (exact) mass is 307 g/mol. The maximum absolute atomic E-state index is 11.1. The Morgan fingerprint density at radius 3 is 2.67 bits per heavy atom. The molecular weight excluding hydrogens is 286 g/mol. The summed E-state index contributed by atoms with van der Waals surface area (Å²) in [6, 6.07) is 5.66. The van der Waals surface area contributed by atoms with E-state index in [2.05, 4.69) is 5.32 Å². The van der Waals surface area contributed by atoms with E-state index in [4.69, 9.17) is 16.7 Å². The molecule has 4 heteroatoms. The number of aromatic carboxylic acids is 1. The molecule has 21 heavy (non-hydrogen) atoms. The van der Waals surface area contributed by atoms with E-state index >= 15 is 0 Å². The minimum absolute atomic E-state index is 0.174. The average Bonchev–Trinajstić information content (AvgIpc) is 2.49. The van der Waals surface area contributed by atoms with Crippen molar-refractivity contribution in [3.63, 3.8) is 0 Å². The number of hydrogen-bond acceptors (Lipinski definition) is 2. The Bertz CT molecular complexity index is 532. The van der Waals surface area contributed by atoms with Gasteiger partial charge in [0, 0.05) is 11.7 Å². The summed E-state index contributed by atoms with van der Waals surface area (Å²) in [6.07, 6.45) is 9.26. The van der Waals surface area contributed by atoms with Gasteiger partial charge in [-0.15, -0.1) is 0 Å². The Hall–Kier alpha value is -1.22. The first-order valence-corrected chi connectivity index (χ1v) is 8.30. The molecule has 0 saturated heterocycles. The van der Waals surface area contributed by atoms with Gasteiger partial charge in [0.1, 0.15) is 0 Å². The molecule has 3 nitrogen and oxygen atoms in total. The Morgan fingerprint density at radius 2 is 1.90 bits per heavy atom. The molecule has 2 aliphatic rings. The van der Waals surface area contributed by atoms with Gasteiger partial charge in [-0.1, -0.05) is 37.3 Å². The number of carbonyl (C=O) groups is 1. The normalized spacial score (nSPS) is 28.7. The molecule has 2 saturated carbocycles. The summed E-state index contributed by atoms with van der Waals surface area (Å²) in [7, 11) is 0. The summed E-state index contributed by atoms with van der Waals surface area (Å²) in [5, 5.41) is 12.9. The number of rotatable bonds is 3. The van der Waals surface area contributed by atoms with Crippen LogP contribution in [0.1, 0.15) is 55.3 Å². The molecule has 3 rings (SSSR count). The number of carboxylic acids is 1. The highest BCUT2D eigenvalue weighted by Crippen LogP contribution is 2.41. The van der Waals surface area contributed by atoms with E-state index in [1.807, 2.05) is 6.07 Å². The van der Waals surface area contributed by atoms with Crippen molar-refractivity contribution in [2.45, 2.75) is 51.0 Å². The van der Waals surface area contributed by atoms with Gasteiger partial charge in [-0.05, 0) is 49.3 Å². The van der Waals surface area contributed by atoms with Crippen LogP contribution >= 0.6 is 11.6 Å². The van der Waals surface area contributed by atoms with Gasteiger partial charge < -0.3 is 10.4 Å². The van der Waals surface area contributed by atoms with Gasteiger partial charge in [-0.3, -0.25) is 0 Å². The van der Waals surface area contributed by atoms with Gasteiger partial charge in [-0.2, -0.15) is 0 Å². The lowest BCUT2D eigenvalue weighted by Crippen LogP contribution is -2.34. The third kappa shape index (κ3) is 3.34. The van der Waals surface area contributed by atoms with E-state index in [9.17, 15) is 4.79 Å². The molecule has 0 amide bonds. The van der Waals surface area contributed by atoms with Gasteiger partial charge in [-0.25, -0.2) is 4.79 Å².